The molecule has 48 heavy (non-hydrogen) atoms. The van der Waals surface area contributed by atoms with E-state index >= 15 is 0 Å². The molecule has 6 rings (SSSR count). The van der Waals surface area contributed by atoms with Gasteiger partial charge in [0.2, 0.25) is 0 Å². The number of aromatic nitrogens is 3. The summed E-state index contributed by atoms with van der Waals surface area (Å²) in [7, 11) is 0. The topological polar surface area (TPSA) is 72.8 Å². The number of carbonyl (C=O) groups is 2. The molecule has 0 spiro atoms. The molecular formula is C43H53N3O2. The third-order valence-electron chi connectivity index (χ3n) is 10.7. The van der Waals surface area contributed by atoms with E-state index in [0.717, 1.165) is 82.4 Å². The maximum absolute atomic E-state index is 12.6. The van der Waals surface area contributed by atoms with Gasteiger partial charge in [0, 0.05) is 54.4 Å². The summed E-state index contributed by atoms with van der Waals surface area (Å²) in [6.07, 6.45) is 15.6. The first-order valence-corrected chi connectivity index (χ1v) is 18.0. The first-order valence-electron chi connectivity index (χ1n) is 18.0. The Morgan fingerprint density at radius 3 is 1.69 bits per heavy atom. The summed E-state index contributed by atoms with van der Waals surface area (Å²) < 4.78 is 0. The maximum Gasteiger partial charge on any atom is 0.159 e. The number of hydrogen-bond donors (Lipinski definition) is 0. The third kappa shape index (κ3) is 9.55. The van der Waals surface area contributed by atoms with Gasteiger partial charge < -0.3 is 0 Å². The number of hydrogen-bond acceptors (Lipinski definition) is 5. The predicted molar refractivity (Wildman–Crippen MR) is 196 cm³/mol. The molecule has 0 atom stereocenters. The second-order valence-electron chi connectivity index (χ2n) is 14.8. The molecule has 2 aliphatic rings. The first kappa shape index (κ1) is 35.3. The van der Waals surface area contributed by atoms with Crippen LogP contribution in [0.3, 0.4) is 0 Å². The number of nitrogens with zero attached hydrogens (tertiary/aromatic N) is 3. The van der Waals surface area contributed by atoms with Gasteiger partial charge in [-0.1, -0.05) is 69.9 Å². The van der Waals surface area contributed by atoms with Crippen molar-refractivity contribution in [1.82, 2.24) is 15.0 Å². The fraction of sp³-hybridized carbons (Fsp3) is 0.465. The monoisotopic (exact) mass is 643 g/mol. The van der Waals surface area contributed by atoms with Gasteiger partial charge in [-0.2, -0.15) is 0 Å². The molecule has 0 unspecified atom stereocenters. The molecule has 2 fully saturated rings. The van der Waals surface area contributed by atoms with Gasteiger partial charge in [-0.15, -0.1) is 0 Å². The quantitative estimate of drug-likeness (QED) is 0.191. The molecule has 0 aliphatic heterocycles. The summed E-state index contributed by atoms with van der Waals surface area (Å²) in [4.78, 5) is 38.4. The summed E-state index contributed by atoms with van der Waals surface area (Å²) in [6, 6.07) is 16.7. The molecule has 4 aromatic rings. The molecule has 0 saturated heterocycles. The van der Waals surface area contributed by atoms with Crippen molar-refractivity contribution in [1.29, 1.82) is 0 Å². The number of Topliss-reactive ketones (excluding diaryl/α,β-unsaturated/α-hetero) is 2. The molecule has 0 radical (unpaired) electrons. The van der Waals surface area contributed by atoms with Gasteiger partial charge in [-0.05, 0) is 117 Å². The molecule has 0 N–H and O–H groups in total. The van der Waals surface area contributed by atoms with Crippen LogP contribution < -0.4 is 0 Å². The molecule has 252 valence electrons. The van der Waals surface area contributed by atoms with Crippen LogP contribution in [0.25, 0.3) is 22.6 Å². The Balaban J connectivity index is 0.000000188. The summed E-state index contributed by atoms with van der Waals surface area (Å²) in [6.45, 7) is 12.9. The summed E-state index contributed by atoms with van der Waals surface area (Å²) in [5.74, 6) is 3.63. The van der Waals surface area contributed by atoms with E-state index in [1.54, 1.807) is 0 Å². The van der Waals surface area contributed by atoms with Gasteiger partial charge in [-0.3, -0.25) is 14.6 Å². The normalized spacial score (nSPS) is 20.8. The molecule has 2 heterocycles. The molecule has 2 aromatic heterocycles. The predicted octanol–water partition coefficient (Wildman–Crippen LogP) is 10.0. The lowest BCUT2D eigenvalue weighted by Gasteiger charge is -2.25. The van der Waals surface area contributed by atoms with Crippen molar-refractivity contribution < 1.29 is 9.59 Å². The van der Waals surface area contributed by atoms with Gasteiger partial charge in [0.1, 0.15) is 11.6 Å². The van der Waals surface area contributed by atoms with Gasteiger partial charge in [0.15, 0.2) is 5.82 Å². The molecule has 2 aromatic carbocycles. The van der Waals surface area contributed by atoms with Crippen LogP contribution >= 0.6 is 0 Å². The lowest BCUT2D eigenvalue weighted by atomic mass is 9.79. The van der Waals surface area contributed by atoms with E-state index in [1.807, 2.05) is 37.6 Å². The van der Waals surface area contributed by atoms with E-state index in [4.69, 9.17) is 0 Å². The molecule has 0 amide bonds. The minimum Gasteiger partial charge on any atom is -0.299 e. The van der Waals surface area contributed by atoms with Crippen LogP contribution in [0.1, 0.15) is 98.6 Å². The Morgan fingerprint density at radius 1 is 0.583 bits per heavy atom. The molecule has 0 bridgehead atoms. The van der Waals surface area contributed by atoms with Crippen LogP contribution in [-0.4, -0.2) is 26.5 Å². The summed E-state index contributed by atoms with van der Waals surface area (Å²) >= 11 is 0. The SMILES string of the molecule is Cc1ccc(-c2ccc(CC(=O)C3CCC(C)CC3)cn2)cc1C.Cc1cnc(-c2ccc(CC(=O)C3CCC(C)CC3)c(C)c2)nc1. The molecule has 5 nitrogen and oxygen atoms in total. The fourth-order valence-corrected chi connectivity index (χ4v) is 7.02. The maximum atomic E-state index is 12.6. The minimum absolute atomic E-state index is 0.264. The van der Waals surface area contributed by atoms with E-state index in [9.17, 15) is 9.59 Å². The number of ketones is 2. The van der Waals surface area contributed by atoms with Crippen LogP contribution in [0.15, 0.2) is 67.1 Å². The number of rotatable bonds is 8. The van der Waals surface area contributed by atoms with Gasteiger partial charge in [-0.25, -0.2) is 9.97 Å². The third-order valence-corrected chi connectivity index (χ3v) is 10.7. The van der Waals surface area contributed by atoms with Crippen LogP contribution in [-0.2, 0) is 22.4 Å². The molecule has 2 saturated carbocycles. The van der Waals surface area contributed by atoms with E-state index in [2.05, 4.69) is 86.0 Å². The van der Waals surface area contributed by atoms with E-state index < -0.39 is 0 Å². The highest BCUT2D eigenvalue weighted by atomic mass is 16.1. The zero-order valence-corrected chi connectivity index (χ0v) is 29.9. The van der Waals surface area contributed by atoms with E-state index in [0.29, 0.717) is 24.4 Å². The zero-order chi connectivity index (χ0) is 34.2. The van der Waals surface area contributed by atoms with Crippen LogP contribution in [0.2, 0.25) is 0 Å². The van der Waals surface area contributed by atoms with Crippen molar-refractivity contribution in [3.63, 3.8) is 0 Å². The lowest BCUT2D eigenvalue weighted by Crippen LogP contribution is -2.22. The summed E-state index contributed by atoms with van der Waals surface area (Å²) in [5.41, 5.74) is 10.1. The minimum atomic E-state index is 0.264. The van der Waals surface area contributed by atoms with Crippen LogP contribution in [0, 0.1) is 51.4 Å². The highest BCUT2D eigenvalue weighted by Crippen LogP contribution is 2.31. The molecular weight excluding hydrogens is 590 g/mol. The van der Waals surface area contributed by atoms with Crippen molar-refractivity contribution in [3.05, 3.63) is 101 Å². The van der Waals surface area contributed by atoms with Crippen molar-refractivity contribution in [3.8, 4) is 22.6 Å². The average molecular weight is 644 g/mol. The Morgan fingerprint density at radius 2 is 1.15 bits per heavy atom. The number of pyridine rings is 1. The van der Waals surface area contributed by atoms with E-state index in [-0.39, 0.29) is 11.8 Å². The van der Waals surface area contributed by atoms with Crippen molar-refractivity contribution >= 4 is 11.6 Å². The Hall–Kier alpha value is -3.99. The largest absolute Gasteiger partial charge is 0.299 e. The smallest absolute Gasteiger partial charge is 0.159 e. The summed E-state index contributed by atoms with van der Waals surface area (Å²) in [5, 5.41) is 0. The fourth-order valence-electron chi connectivity index (χ4n) is 7.02. The Bertz CT molecular complexity index is 1680. The lowest BCUT2D eigenvalue weighted by molar-refractivity contribution is -0.124. The first-order chi connectivity index (χ1) is 23.0. The van der Waals surface area contributed by atoms with Gasteiger partial charge in [0.05, 0.1) is 5.69 Å². The highest BCUT2D eigenvalue weighted by Gasteiger charge is 2.25. The highest BCUT2D eigenvalue weighted by molar-refractivity contribution is 5.84. The molecule has 5 heteroatoms. The molecule has 2 aliphatic carbocycles. The number of carbonyl (C=O) groups excluding carboxylic acids is 2. The number of benzene rings is 2. The Kier molecular flexibility index (Phi) is 12.1. The second kappa shape index (κ2) is 16.4. The van der Waals surface area contributed by atoms with Crippen LogP contribution in [0.4, 0.5) is 0 Å². The van der Waals surface area contributed by atoms with Crippen molar-refractivity contribution in [2.24, 2.45) is 23.7 Å². The Labute approximate surface area is 288 Å². The average Bonchev–Trinajstić information content (AvgIpc) is 3.08. The van der Waals surface area contributed by atoms with Gasteiger partial charge in [0.25, 0.3) is 0 Å². The zero-order valence-electron chi connectivity index (χ0n) is 29.9. The van der Waals surface area contributed by atoms with E-state index in [1.165, 1.54) is 36.8 Å². The van der Waals surface area contributed by atoms with Crippen molar-refractivity contribution in [2.45, 2.75) is 106 Å². The van der Waals surface area contributed by atoms with Gasteiger partial charge >= 0.3 is 0 Å². The van der Waals surface area contributed by atoms with Crippen molar-refractivity contribution in [2.75, 3.05) is 0 Å². The number of aryl methyl sites for hydroxylation is 4. The standard InChI is InChI=1S/C22H27NO.C21H26N2O/c1-15-4-8-19(9-5-15)22(24)13-18-7-11-21(23-14-18)20-10-6-16(2)17(3)12-20;1-14-4-6-17(7-5-14)20(24)11-18-8-9-19(10-16(18)3)21-22-12-15(2)13-23-21/h6-7,10-12,14-15,19H,4-5,8-9,13H2,1-3H3;8-10,12-14,17H,4-7,11H2,1-3H3. The van der Waals surface area contributed by atoms with Crippen LogP contribution in [0.5, 0.6) is 0 Å². The second-order valence-corrected chi connectivity index (χ2v) is 14.8.